The second-order valence-electron chi connectivity index (χ2n) is 6.50. The molecule has 2 heterocycles. The van der Waals surface area contributed by atoms with Crippen LogP contribution in [0.25, 0.3) is 11.0 Å². The Bertz CT molecular complexity index is 666. The van der Waals surface area contributed by atoms with Gasteiger partial charge < -0.3 is 14.1 Å². The van der Waals surface area contributed by atoms with Gasteiger partial charge in [-0.25, -0.2) is 4.79 Å². The third-order valence-corrected chi connectivity index (χ3v) is 3.78. The Balaban J connectivity index is 1.80. The van der Waals surface area contributed by atoms with Crippen LogP contribution < -0.4 is 0 Å². The first-order valence-electron chi connectivity index (χ1n) is 7.40. The molecule has 1 aliphatic heterocycles. The molecule has 0 atom stereocenters. The normalized spacial score (nSPS) is 15.7. The number of nitrogens with zero attached hydrogens (tertiary/aromatic N) is 1. The van der Waals surface area contributed by atoms with Crippen molar-refractivity contribution in [3.8, 4) is 0 Å². The number of rotatable bonds is 0. The molecule has 1 aliphatic rings. The van der Waals surface area contributed by atoms with E-state index < -0.39 is 5.60 Å². The van der Waals surface area contributed by atoms with Crippen LogP contribution in [0.2, 0.25) is 0 Å². The topological polar surface area (TPSA) is 42.7 Å². The van der Waals surface area contributed by atoms with Crippen LogP contribution in [0.3, 0.4) is 0 Å². The molecule has 0 saturated heterocycles. The van der Waals surface area contributed by atoms with Gasteiger partial charge in [-0.1, -0.05) is 6.07 Å². The lowest BCUT2D eigenvalue weighted by Gasteiger charge is -2.26. The van der Waals surface area contributed by atoms with Crippen LogP contribution in [0.4, 0.5) is 4.79 Å². The van der Waals surface area contributed by atoms with Crippen molar-refractivity contribution in [2.24, 2.45) is 0 Å². The maximum atomic E-state index is 12.2. The summed E-state index contributed by atoms with van der Waals surface area (Å²) in [6, 6.07) is 6.13. The van der Waals surface area contributed by atoms with Gasteiger partial charge in [0.1, 0.15) is 11.2 Å². The lowest BCUT2D eigenvalue weighted by molar-refractivity contribution is 0.0258. The summed E-state index contributed by atoms with van der Waals surface area (Å²) in [5.74, 6) is 0. The van der Waals surface area contributed by atoms with Gasteiger partial charge in [0, 0.05) is 18.5 Å². The fourth-order valence-corrected chi connectivity index (χ4v) is 2.80. The van der Waals surface area contributed by atoms with E-state index in [4.69, 9.17) is 9.15 Å². The van der Waals surface area contributed by atoms with Crippen molar-refractivity contribution in [3.63, 3.8) is 0 Å². The summed E-state index contributed by atoms with van der Waals surface area (Å²) < 4.78 is 10.9. The van der Waals surface area contributed by atoms with Crippen LogP contribution in [0.15, 0.2) is 28.9 Å². The molecule has 4 heteroatoms. The Morgan fingerprint density at radius 3 is 2.71 bits per heavy atom. The molecule has 0 fully saturated rings. The summed E-state index contributed by atoms with van der Waals surface area (Å²) in [4.78, 5) is 14.0. The standard InChI is InChI=1S/C17H21NO3/c1-17(2,3)21-16(19)18-9-6-12-4-5-15-14(8-11-20-15)13(12)7-10-18/h4-5,8,11H,6-7,9-10H2,1-3H3. The van der Waals surface area contributed by atoms with Crippen LogP contribution in [-0.4, -0.2) is 29.7 Å². The maximum absolute atomic E-state index is 12.2. The number of hydrogen-bond acceptors (Lipinski definition) is 3. The van der Waals surface area contributed by atoms with Gasteiger partial charge in [-0.2, -0.15) is 0 Å². The Labute approximate surface area is 124 Å². The summed E-state index contributed by atoms with van der Waals surface area (Å²) in [6.45, 7) is 7.07. The lowest BCUT2D eigenvalue weighted by atomic mass is 9.99. The number of amides is 1. The van der Waals surface area contributed by atoms with Crippen molar-refractivity contribution in [2.45, 2.75) is 39.2 Å². The van der Waals surface area contributed by atoms with Crippen molar-refractivity contribution in [2.75, 3.05) is 13.1 Å². The Morgan fingerprint density at radius 1 is 1.19 bits per heavy atom. The second kappa shape index (κ2) is 5.10. The molecular formula is C17H21NO3. The van der Waals surface area contributed by atoms with E-state index in [1.807, 2.05) is 32.9 Å². The first-order chi connectivity index (χ1) is 9.94. The van der Waals surface area contributed by atoms with Crippen LogP contribution >= 0.6 is 0 Å². The van der Waals surface area contributed by atoms with Gasteiger partial charge in [0.2, 0.25) is 0 Å². The molecule has 0 radical (unpaired) electrons. The molecule has 112 valence electrons. The van der Waals surface area contributed by atoms with E-state index in [1.165, 1.54) is 16.5 Å². The predicted octanol–water partition coefficient (Wildman–Crippen LogP) is 3.77. The minimum atomic E-state index is -0.450. The zero-order valence-corrected chi connectivity index (χ0v) is 12.8. The van der Waals surface area contributed by atoms with E-state index in [0.717, 1.165) is 18.4 Å². The van der Waals surface area contributed by atoms with Crippen molar-refractivity contribution in [1.82, 2.24) is 4.90 Å². The Morgan fingerprint density at radius 2 is 1.95 bits per heavy atom. The minimum absolute atomic E-state index is 0.223. The average molecular weight is 287 g/mol. The first kappa shape index (κ1) is 14.0. The molecule has 2 aromatic rings. The van der Waals surface area contributed by atoms with Gasteiger partial charge in [0.15, 0.2) is 0 Å². The number of ether oxygens (including phenoxy) is 1. The SMILES string of the molecule is CC(C)(C)OC(=O)N1CCc2ccc3occc3c2CC1. The van der Waals surface area contributed by atoms with Gasteiger partial charge in [-0.3, -0.25) is 0 Å². The highest BCUT2D eigenvalue weighted by atomic mass is 16.6. The lowest BCUT2D eigenvalue weighted by Crippen LogP contribution is -2.38. The van der Waals surface area contributed by atoms with E-state index in [0.29, 0.717) is 13.1 Å². The number of carbonyl (C=O) groups is 1. The highest BCUT2D eigenvalue weighted by Crippen LogP contribution is 2.27. The minimum Gasteiger partial charge on any atom is -0.464 e. The van der Waals surface area contributed by atoms with Crippen LogP contribution in [0, 0.1) is 0 Å². The van der Waals surface area contributed by atoms with Gasteiger partial charge in [-0.05, 0) is 56.9 Å². The van der Waals surface area contributed by atoms with E-state index >= 15 is 0 Å². The van der Waals surface area contributed by atoms with Crippen molar-refractivity contribution >= 4 is 17.1 Å². The fourth-order valence-electron chi connectivity index (χ4n) is 2.80. The molecule has 1 aromatic heterocycles. The largest absolute Gasteiger partial charge is 0.464 e. The Kier molecular flexibility index (Phi) is 3.40. The molecule has 0 saturated carbocycles. The van der Waals surface area contributed by atoms with E-state index in [9.17, 15) is 4.79 Å². The van der Waals surface area contributed by atoms with E-state index in [-0.39, 0.29) is 6.09 Å². The highest BCUT2D eigenvalue weighted by Gasteiger charge is 2.24. The Hall–Kier alpha value is -1.97. The quantitative estimate of drug-likeness (QED) is 0.740. The summed E-state index contributed by atoms with van der Waals surface area (Å²) in [5.41, 5.74) is 3.07. The van der Waals surface area contributed by atoms with Crippen LogP contribution in [0.1, 0.15) is 31.9 Å². The number of carbonyl (C=O) groups excluding carboxylic acids is 1. The zero-order chi connectivity index (χ0) is 15.0. The number of hydrogen-bond donors (Lipinski definition) is 0. The number of furan rings is 1. The molecule has 21 heavy (non-hydrogen) atoms. The predicted molar refractivity (Wildman–Crippen MR) is 81.4 cm³/mol. The molecule has 1 amide bonds. The number of fused-ring (bicyclic) bond motifs is 3. The molecule has 0 bridgehead atoms. The van der Waals surface area contributed by atoms with Gasteiger partial charge >= 0.3 is 6.09 Å². The first-order valence-corrected chi connectivity index (χ1v) is 7.40. The average Bonchev–Trinajstić information content (AvgIpc) is 2.75. The van der Waals surface area contributed by atoms with E-state index in [1.54, 1.807) is 11.2 Å². The second-order valence-corrected chi connectivity index (χ2v) is 6.50. The molecule has 0 N–H and O–H groups in total. The van der Waals surface area contributed by atoms with Crippen molar-refractivity contribution in [1.29, 1.82) is 0 Å². The summed E-state index contributed by atoms with van der Waals surface area (Å²) in [5, 5.41) is 1.17. The molecule has 0 unspecified atom stereocenters. The molecule has 1 aromatic carbocycles. The maximum Gasteiger partial charge on any atom is 0.410 e. The number of benzene rings is 1. The third kappa shape index (κ3) is 2.89. The van der Waals surface area contributed by atoms with Crippen LogP contribution in [0.5, 0.6) is 0 Å². The monoisotopic (exact) mass is 287 g/mol. The fraction of sp³-hybridized carbons (Fsp3) is 0.471. The van der Waals surface area contributed by atoms with E-state index in [2.05, 4.69) is 6.07 Å². The van der Waals surface area contributed by atoms with Gasteiger partial charge in [0.25, 0.3) is 0 Å². The smallest absolute Gasteiger partial charge is 0.410 e. The zero-order valence-electron chi connectivity index (χ0n) is 12.8. The summed E-state index contributed by atoms with van der Waals surface area (Å²) >= 11 is 0. The molecule has 4 nitrogen and oxygen atoms in total. The summed E-state index contributed by atoms with van der Waals surface area (Å²) in [6.07, 6.45) is 3.20. The molecule has 3 rings (SSSR count). The highest BCUT2D eigenvalue weighted by molar-refractivity contribution is 5.82. The molecule has 0 aliphatic carbocycles. The third-order valence-electron chi connectivity index (χ3n) is 3.78. The summed E-state index contributed by atoms with van der Waals surface area (Å²) in [7, 11) is 0. The molecular weight excluding hydrogens is 266 g/mol. The molecule has 0 spiro atoms. The van der Waals surface area contributed by atoms with Crippen LogP contribution in [-0.2, 0) is 17.6 Å². The van der Waals surface area contributed by atoms with Gasteiger partial charge in [-0.15, -0.1) is 0 Å². The van der Waals surface area contributed by atoms with Crippen molar-refractivity contribution in [3.05, 3.63) is 35.6 Å². The van der Waals surface area contributed by atoms with Crippen molar-refractivity contribution < 1.29 is 13.9 Å². The van der Waals surface area contributed by atoms with Gasteiger partial charge in [0.05, 0.1) is 6.26 Å².